The minimum Gasteiger partial charge on any atom is -0.479 e. The van der Waals surface area contributed by atoms with Crippen LogP contribution in [0.25, 0.3) is 0 Å². The number of morpholine rings is 1. The Hall–Kier alpha value is -1.56. The smallest absolute Gasteiger partial charge is 0.292 e. The van der Waals surface area contributed by atoms with Crippen LogP contribution in [-0.4, -0.2) is 48.4 Å². The van der Waals surface area contributed by atoms with E-state index in [0.717, 1.165) is 0 Å². The summed E-state index contributed by atoms with van der Waals surface area (Å²) < 4.78 is 15.4. The number of amides is 1. The first kappa shape index (κ1) is 11.9. The van der Waals surface area contributed by atoms with Crippen LogP contribution in [0.5, 0.6) is 5.88 Å². The maximum absolute atomic E-state index is 12.1. The lowest BCUT2D eigenvalue weighted by Crippen LogP contribution is -2.48. The molecule has 2 atom stereocenters. The highest BCUT2D eigenvalue weighted by Crippen LogP contribution is 2.17. The lowest BCUT2D eigenvalue weighted by molar-refractivity contribution is -0.0593. The van der Waals surface area contributed by atoms with Crippen molar-refractivity contribution in [2.75, 3.05) is 20.2 Å². The van der Waals surface area contributed by atoms with E-state index in [0.29, 0.717) is 19.0 Å². The van der Waals surface area contributed by atoms with Crippen LogP contribution in [0.3, 0.4) is 0 Å². The van der Waals surface area contributed by atoms with Crippen molar-refractivity contribution in [1.29, 1.82) is 0 Å². The largest absolute Gasteiger partial charge is 0.479 e. The van der Waals surface area contributed by atoms with E-state index in [-0.39, 0.29) is 23.9 Å². The van der Waals surface area contributed by atoms with Gasteiger partial charge >= 0.3 is 0 Å². The van der Waals surface area contributed by atoms with Gasteiger partial charge in [0.15, 0.2) is 0 Å². The van der Waals surface area contributed by atoms with Gasteiger partial charge in [0.1, 0.15) is 0 Å². The molecule has 1 aromatic heterocycles. The first-order valence-electron chi connectivity index (χ1n) is 5.55. The molecule has 0 spiro atoms. The molecule has 1 aliphatic rings. The summed E-state index contributed by atoms with van der Waals surface area (Å²) in [5, 5.41) is 3.61. The third-order valence-electron chi connectivity index (χ3n) is 2.62. The summed E-state index contributed by atoms with van der Waals surface area (Å²) in [6, 6.07) is 1.49. The monoisotopic (exact) mass is 240 g/mol. The summed E-state index contributed by atoms with van der Waals surface area (Å²) in [5.41, 5.74) is 0. The molecule has 2 unspecified atom stereocenters. The van der Waals surface area contributed by atoms with Gasteiger partial charge in [-0.3, -0.25) is 4.79 Å². The first-order valence-corrected chi connectivity index (χ1v) is 5.55. The highest BCUT2D eigenvalue weighted by atomic mass is 16.5. The number of rotatable bonds is 2. The Morgan fingerprint density at radius 3 is 2.65 bits per heavy atom. The second-order valence-electron chi connectivity index (χ2n) is 4.20. The molecule has 1 saturated heterocycles. The quantitative estimate of drug-likeness (QED) is 0.769. The van der Waals surface area contributed by atoms with E-state index < -0.39 is 0 Å². The van der Waals surface area contributed by atoms with Gasteiger partial charge in [0.05, 0.1) is 25.4 Å². The van der Waals surface area contributed by atoms with E-state index >= 15 is 0 Å². The maximum atomic E-state index is 12.1. The molecule has 1 amide bonds. The van der Waals surface area contributed by atoms with Gasteiger partial charge in [-0.05, 0) is 19.0 Å². The Bertz CT molecular complexity index is 394. The molecule has 1 aromatic rings. The van der Waals surface area contributed by atoms with Gasteiger partial charge in [-0.15, -0.1) is 0 Å². The molecule has 6 heteroatoms. The van der Waals surface area contributed by atoms with Crippen molar-refractivity contribution in [3.05, 3.63) is 11.8 Å². The van der Waals surface area contributed by atoms with Gasteiger partial charge in [-0.1, -0.05) is 0 Å². The molecule has 2 rings (SSSR count). The van der Waals surface area contributed by atoms with Crippen molar-refractivity contribution in [3.8, 4) is 5.88 Å². The number of ether oxygens (including phenoxy) is 2. The molecular formula is C11H16N2O4. The lowest BCUT2D eigenvalue weighted by Gasteiger charge is -2.34. The first-order chi connectivity index (χ1) is 8.10. The third kappa shape index (κ3) is 2.58. The highest BCUT2D eigenvalue weighted by molar-refractivity contribution is 5.91. The predicted molar refractivity (Wildman–Crippen MR) is 59.0 cm³/mol. The second kappa shape index (κ2) is 4.75. The molecule has 6 nitrogen and oxygen atoms in total. The van der Waals surface area contributed by atoms with Gasteiger partial charge in [-0.2, -0.15) is 0 Å². The number of carbonyl (C=O) groups excluding carboxylic acids is 1. The Morgan fingerprint density at radius 2 is 2.12 bits per heavy atom. The van der Waals surface area contributed by atoms with Gasteiger partial charge in [0.25, 0.3) is 11.8 Å². The SMILES string of the molecule is COc1cc(C(=O)N2CC(C)OC(C)C2)on1. The number of nitrogens with zero attached hydrogens (tertiary/aromatic N) is 2. The van der Waals surface area contributed by atoms with Crippen LogP contribution in [0.2, 0.25) is 0 Å². The van der Waals surface area contributed by atoms with E-state index in [2.05, 4.69) is 5.16 Å². The summed E-state index contributed by atoms with van der Waals surface area (Å²) in [4.78, 5) is 13.8. The Morgan fingerprint density at radius 1 is 1.47 bits per heavy atom. The molecular weight excluding hydrogens is 224 g/mol. The molecule has 0 N–H and O–H groups in total. The molecule has 94 valence electrons. The number of hydrogen-bond acceptors (Lipinski definition) is 5. The van der Waals surface area contributed by atoms with E-state index in [1.165, 1.54) is 13.2 Å². The van der Waals surface area contributed by atoms with Crippen LogP contribution in [0.4, 0.5) is 0 Å². The predicted octanol–water partition coefficient (Wildman–Crippen LogP) is 0.933. The van der Waals surface area contributed by atoms with Crippen LogP contribution in [0.15, 0.2) is 10.6 Å². The van der Waals surface area contributed by atoms with Gasteiger partial charge in [-0.25, -0.2) is 0 Å². The van der Waals surface area contributed by atoms with E-state index in [9.17, 15) is 4.79 Å². The van der Waals surface area contributed by atoms with Crippen LogP contribution < -0.4 is 4.74 Å². The molecule has 2 heterocycles. The molecule has 0 aliphatic carbocycles. The van der Waals surface area contributed by atoms with Crippen molar-refractivity contribution >= 4 is 5.91 Å². The summed E-state index contributed by atoms with van der Waals surface area (Å²) in [6.07, 6.45) is 0.0695. The van der Waals surface area contributed by atoms with Crippen LogP contribution >= 0.6 is 0 Å². The lowest BCUT2D eigenvalue weighted by atomic mass is 10.2. The summed E-state index contributed by atoms with van der Waals surface area (Å²) >= 11 is 0. The molecule has 1 fully saturated rings. The van der Waals surface area contributed by atoms with E-state index in [1.54, 1.807) is 4.90 Å². The Labute approximate surface area is 99.5 Å². The highest BCUT2D eigenvalue weighted by Gasteiger charge is 2.28. The Kier molecular flexibility index (Phi) is 3.33. The summed E-state index contributed by atoms with van der Waals surface area (Å²) in [7, 11) is 1.48. The van der Waals surface area contributed by atoms with Crippen LogP contribution in [-0.2, 0) is 4.74 Å². The third-order valence-corrected chi connectivity index (χ3v) is 2.62. The number of methoxy groups -OCH3 is 1. The fraction of sp³-hybridized carbons (Fsp3) is 0.636. The van der Waals surface area contributed by atoms with Crippen molar-refractivity contribution in [3.63, 3.8) is 0 Å². The van der Waals surface area contributed by atoms with Crippen molar-refractivity contribution in [1.82, 2.24) is 10.1 Å². The van der Waals surface area contributed by atoms with Gasteiger partial charge in [0.2, 0.25) is 5.76 Å². The second-order valence-corrected chi connectivity index (χ2v) is 4.20. The molecule has 0 saturated carbocycles. The van der Waals surface area contributed by atoms with E-state index in [4.69, 9.17) is 14.0 Å². The average Bonchev–Trinajstić information content (AvgIpc) is 2.75. The zero-order chi connectivity index (χ0) is 12.4. The summed E-state index contributed by atoms with van der Waals surface area (Å²) in [5.74, 6) is 0.327. The zero-order valence-electron chi connectivity index (χ0n) is 10.2. The minimum absolute atomic E-state index is 0.0347. The van der Waals surface area contributed by atoms with Gasteiger partial charge in [0, 0.05) is 13.1 Å². The molecule has 0 radical (unpaired) electrons. The molecule has 1 aliphatic heterocycles. The van der Waals surface area contributed by atoms with Crippen LogP contribution in [0, 0.1) is 0 Å². The van der Waals surface area contributed by atoms with Crippen molar-refractivity contribution in [2.45, 2.75) is 26.1 Å². The molecule has 17 heavy (non-hydrogen) atoms. The van der Waals surface area contributed by atoms with Crippen molar-refractivity contribution in [2.24, 2.45) is 0 Å². The fourth-order valence-electron chi connectivity index (χ4n) is 1.96. The zero-order valence-corrected chi connectivity index (χ0v) is 10.2. The summed E-state index contributed by atoms with van der Waals surface area (Å²) in [6.45, 7) is 5.01. The number of carbonyl (C=O) groups is 1. The fourth-order valence-corrected chi connectivity index (χ4v) is 1.96. The minimum atomic E-state index is -0.178. The van der Waals surface area contributed by atoms with E-state index in [1.807, 2.05) is 13.8 Å². The van der Waals surface area contributed by atoms with Crippen LogP contribution in [0.1, 0.15) is 24.4 Å². The molecule has 0 bridgehead atoms. The topological polar surface area (TPSA) is 64.8 Å². The average molecular weight is 240 g/mol. The molecule has 0 aromatic carbocycles. The number of hydrogen-bond donors (Lipinski definition) is 0. The Balaban J connectivity index is 2.08. The normalized spacial score (nSPS) is 24.8. The van der Waals surface area contributed by atoms with Gasteiger partial charge < -0.3 is 18.9 Å². The number of aromatic nitrogens is 1. The standard InChI is InChI=1S/C11H16N2O4/c1-7-5-13(6-8(2)16-7)11(14)9-4-10(15-3)12-17-9/h4,7-8H,5-6H2,1-3H3. The maximum Gasteiger partial charge on any atom is 0.292 e. The van der Waals surface area contributed by atoms with Crippen molar-refractivity contribution < 1.29 is 18.8 Å².